The number of carbonyl (C=O) groups excluding carboxylic acids is 1. The number of benzene rings is 1. The lowest BCUT2D eigenvalue weighted by molar-refractivity contribution is 0.0936. The SMILES string of the molecule is CC(C)CC(C)NC(=O)c1ccc(O)c(Cl)c1. The Morgan fingerprint density at radius 1 is 1.41 bits per heavy atom. The third-order valence-corrected chi connectivity index (χ3v) is 2.72. The molecule has 1 unspecified atom stereocenters. The van der Waals surface area contributed by atoms with Crippen molar-refractivity contribution in [3.8, 4) is 5.75 Å². The van der Waals surface area contributed by atoms with Crippen molar-refractivity contribution in [2.45, 2.75) is 33.2 Å². The molecule has 0 saturated carbocycles. The minimum Gasteiger partial charge on any atom is -0.506 e. The lowest BCUT2D eigenvalue weighted by Crippen LogP contribution is -2.33. The van der Waals surface area contributed by atoms with Crippen molar-refractivity contribution in [2.24, 2.45) is 5.92 Å². The van der Waals surface area contributed by atoms with Gasteiger partial charge < -0.3 is 10.4 Å². The van der Waals surface area contributed by atoms with E-state index >= 15 is 0 Å². The summed E-state index contributed by atoms with van der Waals surface area (Å²) in [4.78, 5) is 11.8. The van der Waals surface area contributed by atoms with Crippen molar-refractivity contribution in [1.82, 2.24) is 5.32 Å². The van der Waals surface area contributed by atoms with Gasteiger partial charge >= 0.3 is 0 Å². The smallest absolute Gasteiger partial charge is 0.251 e. The summed E-state index contributed by atoms with van der Waals surface area (Å²) in [6, 6.07) is 4.56. The minimum atomic E-state index is -0.167. The first-order chi connectivity index (χ1) is 7.90. The summed E-state index contributed by atoms with van der Waals surface area (Å²) in [5.74, 6) is 0.354. The maximum atomic E-state index is 11.8. The predicted octanol–water partition coefficient (Wildman–Crippen LogP) is 3.21. The molecule has 0 radical (unpaired) electrons. The summed E-state index contributed by atoms with van der Waals surface area (Å²) in [7, 11) is 0. The summed E-state index contributed by atoms with van der Waals surface area (Å²) >= 11 is 5.75. The first-order valence-corrected chi connectivity index (χ1v) is 6.07. The number of carbonyl (C=O) groups is 1. The van der Waals surface area contributed by atoms with Crippen LogP contribution in [0.2, 0.25) is 5.02 Å². The van der Waals surface area contributed by atoms with Crippen LogP contribution in [-0.2, 0) is 0 Å². The van der Waals surface area contributed by atoms with Crippen LogP contribution in [0.5, 0.6) is 5.75 Å². The molecule has 94 valence electrons. The average Bonchev–Trinajstić information content (AvgIpc) is 2.20. The summed E-state index contributed by atoms with van der Waals surface area (Å²) < 4.78 is 0. The number of hydrogen-bond acceptors (Lipinski definition) is 2. The summed E-state index contributed by atoms with van der Waals surface area (Å²) in [6.45, 7) is 6.19. The molecular weight excluding hydrogens is 238 g/mol. The van der Waals surface area contributed by atoms with E-state index in [2.05, 4.69) is 19.2 Å². The topological polar surface area (TPSA) is 49.3 Å². The van der Waals surface area contributed by atoms with Crippen LogP contribution >= 0.6 is 11.6 Å². The third-order valence-electron chi connectivity index (χ3n) is 2.41. The Kier molecular flexibility index (Phi) is 4.82. The number of nitrogens with one attached hydrogen (secondary N) is 1. The summed E-state index contributed by atoms with van der Waals surface area (Å²) in [5.41, 5.74) is 0.461. The van der Waals surface area contributed by atoms with E-state index in [1.165, 1.54) is 12.1 Å². The van der Waals surface area contributed by atoms with E-state index in [-0.39, 0.29) is 22.7 Å². The van der Waals surface area contributed by atoms with E-state index in [1.807, 2.05) is 6.92 Å². The Labute approximate surface area is 107 Å². The van der Waals surface area contributed by atoms with Crippen LogP contribution in [0.4, 0.5) is 0 Å². The molecule has 3 nitrogen and oxygen atoms in total. The Morgan fingerprint density at radius 2 is 2.06 bits per heavy atom. The second-order valence-corrected chi connectivity index (χ2v) is 5.08. The van der Waals surface area contributed by atoms with Crippen LogP contribution in [-0.4, -0.2) is 17.1 Å². The molecule has 1 rings (SSSR count). The third kappa shape index (κ3) is 4.27. The minimum absolute atomic E-state index is 0.0153. The molecular formula is C13H18ClNO2. The molecule has 0 aliphatic carbocycles. The fraction of sp³-hybridized carbons (Fsp3) is 0.462. The zero-order valence-corrected chi connectivity index (χ0v) is 11.1. The first kappa shape index (κ1) is 13.8. The molecule has 0 saturated heterocycles. The van der Waals surface area contributed by atoms with Gasteiger partial charge in [0, 0.05) is 11.6 Å². The predicted molar refractivity (Wildman–Crippen MR) is 69.5 cm³/mol. The Bertz CT molecular complexity index is 404. The highest BCUT2D eigenvalue weighted by Crippen LogP contribution is 2.23. The molecule has 0 spiro atoms. The van der Waals surface area contributed by atoms with Gasteiger partial charge in [0.1, 0.15) is 5.75 Å². The molecule has 0 aromatic heterocycles. The van der Waals surface area contributed by atoms with Crippen molar-refractivity contribution >= 4 is 17.5 Å². The van der Waals surface area contributed by atoms with Gasteiger partial charge in [-0.15, -0.1) is 0 Å². The maximum absolute atomic E-state index is 11.8. The molecule has 4 heteroatoms. The van der Waals surface area contributed by atoms with E-state index < -0.39 is 0 Å². The fourth-order valence-corrected chi connectivity index (χ4v) is 1.90. The average molecular weight is 256 g/mol. The van der Waals surface area contributed by atoms with Gasteiger partial charge in [0.05, 0.1) is 5.02 Å². The highest BCUT2D eigenvalue weighted by molar-refractivity contribution is 6.32. The van der Waals surface area contributed by atoms with Crippen LogP contribution in [0, 0.1) is 5.92 Å². The Balaban J connectivity index is 2.66. The number of rotatable bonds is 4. The highest BCUT2D eigenvalue weighted by atomic mass is 35.5. The van der Waals surface area contributed by atoms with E-state index in [0.717, 1.165) is 6.42 Å². The normalized spacial score (nSPS) is 12.5. The largest absolute Gasteiger partial charge is 0.506 e. The molecule has 0 bridgehead atoms. The van der Waals surface area contributed by atoms with Gasteiger partial charge in [0.15, 0.2) is 0 Å². The maximum Gasteiger partial charge on any atom is 0.251 e. The molecule has 0 aliphatic heterocycles. The van der Waals surface area contributed by atoms with Crippen LogP contribution in [0.3, 0.4) is 0 Å². The van der Waals surface area contributed by atoms with E-state index in [4.69, 9.17) is 11.6 Å². The van der Waals surface area contributed by atoms with Gasteiger partial charge in [-0.3, -0.25) is 4.79 Å². The second-order valence-electron chi connectivity index (χ2n) is 4.67. The zero-order chi connectivity index (χ0) is 13.0. The molecule has 17 heavy (non-hydrogen) atoms. The fourth-order valence-electron chi connectivity index (χ4n) is 1.72. The lowest BCUT2D eigenvalue weighted by Gasteiger charge is -2.16. The molecule has 0 heterocycles. The molecule has 1 aromatic rings. The van der Waals surface area contributed by atoms with Gasteiger partial charge in [0.25, 0.3) is 5.91 Å². The zero-order valence-electron chi connectivity index (χ0n) is 10.3. The van der Waals surface area contributed by atoms with Gasteiger partial charge in [-0.05, 0) is 37.5 Å². The van der Waals surface area contributed by atoms with Crippen molar-refractivity contribution in [1.29, 1.82) is 0 Å². The molecule has 0 aliphatic rings. The molecule has 0 fully saturated rings. The Hall–Kier alpha value is -1.22. The Morgan fingerprint density at radius 3 is 2.59 bits per heavy atom. The van der Waals surface area contributed by atoms with Crippen LogP contribution in [0.25, 0.3) is 0 Å². The van der Waals surface area contributed by atoms with Crippen molar-refractivity contribution in [2.75, 3.05) is 0 Å². The van der Waals surface area contributed by atoms with E-state index in [0.29, 0.717) is 11.5 Å². The van der Waals surface area contributed by atoms with Crippen LogP contribution in [0.1, 0.15) is 37.6 Å². The summed E-state index contributed by atoms with van der Waals surface area (Å²) in [5, 5.41) is 12.3. The van der Waals surface area contributed by atoms with Crippen molar-refractivity contribution < 1.29 is 9.90 Å². The highest BCUT2D eigenvalue weighted by Gasteiger charge is 2.12. The molecule has 2 N–H and O–H groups in total. The number of aromatic hydroxyl groups is 1. The van der Waals surface area contributed by atoms with Crippen LogP contribution < -0.4 is 5.32 Å². The lowest BCUT2D eigenvalue weighted by atomic mass is 10.0. The van der Waals surface area contributed by atoms with Crippen molar-refractivity contribution in [3.63, 3.8) is 0 Å². The van der Waals surface area contributed by atoms with Gasteiger partial charge in [-0.25, -0.2) is 0 Å². The number of halogens is 1. The van der Waals surface area contributed by atoms with E-state index in [9.17, 15) is 9.90 Å². The molecule has 1 aromatic carbocycles. The summed E-state index contributed by atoms with van der Waals surface area (Å²) in [6.07, 6.45) is 0.928. The monoisotopic (exact) mass is 255 g/mol. The first-order valence-electron chi connectivity index (χ1n) is 5.69. The van der Waals surface area contributed by atoms with Gasteiger partial charge in [-0.1, -0.05) is 25.4 Å². The number of hydrogen-bond donors (Lipinski definition) is 2. The number of phenolic OH excluding ortho intramolecular Hbond substituents is 1. The van der Waals surface area contributed by atoms with Crippen LogP contribution in [0.15, 0.2) is 18.2 Å². The number of amides is 1. The van der Waals surface area contributed by atoms with Crippen molar-refractivity contribution in [3.05, 3.63) is 28.8 Å². The van der Waals surface area contributed by atoms with Gasteiger partial charge in [-0.2, -0.15) is 0 Å². The number of phenols is 1. The quantitative estimate of drug-likeness (QED) is 0.868. The van der Waals surface area contributed by atoms with Gasteiger partial charge in [0.2, 0.25) is 0 Å². The molecule has 1 amide bonds. The standard InChI is InChI=1S/C13H18ClNO2/c1-8(2)6-9(3)15-13(17)10-4-5-12(16)11(14)7-10/h4-5,7-9,16H,6H2,1-3H3,(H,15,17). The molecule has 1 atom stereocenters. The second kappa shape index (κ2) is 5.92. The van der Waals surface area contributed by atoms with E-state index in [1.54, 1.807) is 6.07 Å².